The van der Waals surface area contributed by atoms with Gasteiger partial charge in [0.1, 0.15) is 11.6 Å². The van der Waals surface area contributed by atoms with Crippen molar-refractivity contribution in [3.63, 3.8) is 0 Å². The van der Waals surface area contributed by atoms with Crippen molar-refractivity contribution in [2.75, 3.05) is 0 Å². The minimum Gasteiger partial charge on any atom is -0.481 e. The summed E-state index contributed by atoms with van der Waals surface area (Å²) < 4.78 is 27.3. The molecule has 0 aliphatic carbocycles. The number of aryl methyl sites for hydroxylation is 1. The molecule has 0 saturated heterocycles. The van der Waals surface area contributed by atoms with Crippen LogP contribution < -0.4 is 0 Å². The van der Waals surface area contributed by atoms with Crippen LogP contribution in [0.1, 0.15) is 11.1 Å². The maximum absolute atomic E-state index is 14.1. The second kappa shape index (κ2) is 5.66. The number of fused-ring (bicyclic) bond motifs is 1. The lowest BCUT2D eigenvalue weighted by Gasteiger charge is -2.04. The minimum absolute atomic E-state index is 0.120. The number of aromatic nitrogens is 1. The van der Waals surface area contributed by atoms with Crippen LogP contribution in [-0.2, 0) is 11.2 Å². The summed E-state index contributed by atoms with van der Waals surface area (Å²) in [5.41, 5.74) is 2.27. The summed E-state index contributed by atoms with van der Waals surface area (Å²) in [6, 6.07) is 6.56. The van der Waals surface area contributed by atoms with Crippen LogP contribution in [0.2, 0.25) is 5.02 Å². The summed E-state index contributed by atoms with van der Waals surface area (Å²) >= 11 is 6.09. The molecule has 3 rings (SSSR count). The zero-order valence-electron chi connectivity index (χ0n) is 12.1. The maximum atomic E-state index is 14.1. The molecule has 0 atom stereocenters. The van der Waals surface area contributed by atoms with Crippen molar-refractivity contribution in [1.82, 2.24) is 4.98 Å². The Morgan fingerprint density at radius 2 is 2.00 bits per heavy atom. The molecule has 2 aromatic carbocycles. The molecule has 0 unspecified atom stereocenters. The van der Waals surface area contributed by atoms with E-state index < -0.39 is 17.6 Å². The number of rotatable bonds is 3. The third-order valence-corrected chi connectivity index (χ3v) is 4.21. The summed E-state index contributed by atoms with van der Waals surface area (Å²) in [5, 5.41) is 10.3. The van der Waals surface area contributed by atoms with Gasteiger partial charge >= 0.3 is 5.97 Å². The Labute approximate surface area is 135 Å². The van der Waals surface area contributed by atoms with Crippen LogP contribution in [0.4, 0.5) is 8.78 Å². The van der Waals surface area contributed by atoms with Gasteiger partial charge in [-0.05, 0) is 36.2 Å². The van der Waals surface area contributed by atoms with E-state index in [9.17, 15) is 13.6 Å². The van der Waals surface area contributed by atoms with Crippen LogP contribution in [0.3, 0.4) is 0 Å². The number of hydrogen-bond donors (Lipinski definition) is 2. The predicted molar refractivity (Wildman–Crippen MR) is 84.7 cm³/mol. The molecule has 6 heteroatoms. The molecule has 2 N–H and O–H groups in total. The van der Waals surface area contributed by atoms with Crippen molar-refractivity contribution in [2.45, 2.75) is 13.3 Å². The highest BCUT2D eigenvalue weighted by atomic mass is 35.5. The molecule has 23 heavy (non-hydrogen) atoms. The Morgan fingerprint density at radius 3 is 2.65 bits per heavy atom. The molecule has 0 fully saturated rings. The lowest BCUT2D eigenvalue weighted by Crippen LogP contribution is -2.01. The fourth-order valence-corrected chi connectivity index (χ4v) is 2.85. The fourth-order valence-electron chi connectivity index (χ4n) is 2.69. The summed E-state index contributed by atoms with van der Waals surface area (Å²) in [4.78, 5) is 14.2. The standard InChI is InChI=1S/C17H12ClF2NO2/c1-8-13(18)5-4-10-12(7-15(22)23)17(21-16(8)10)11-3-2-9(19)6-14(11)20/h2-6,21H,7H2,1H3,(H,22,23). The highest BCUT2D eigenvalue weighted by molar-refractivity contribution is 6.32. The van der Waals surface area contributed by atoms with Crippen molar-refractivity contribution in [3.05, 3.63) is 58.1 Å². The Morgan fingerprint density at radius 1 is 1.26 bits per heavy atom. The van der Waals surface area contributed by atoms with Crippen molar-refractivity contribution in [2.24, 2.45) is 0 Å². The Balaban J connectivity index is 2.34. The lowest BCUT2D eigenvalue weighted by molar-refractivity contribution is -0.136. The van der Waals surface area contributed by atoms with E-state index in [1.807, 2.05) is 0 Å². The monoisotopic (exact) mass is 335 g/mol. The second-order valence-electron chi connectivity index (χ2n) is 5.27. The van der Waals surface area contributed by atoms with E-state index in [4.69, 9.17) is 16.7 Å². The number of benzene rings is 2. The molecular weight excluding hydrogens is 324 g/mol. The molecule has 0 amide bonds. The van der Waals surface area contributed by atoms with Gasteiger partial charge in [0.15, 0.2) is 0 Å². The van der Waals surface area contributed by atoms with Gasteiger partial charge in [0.25, 0.3) is 0 Å². The number of carboxylic acid groups (broad SMARTS) is 1. The number of aromatic amines is 1. The fraction of sp³-hybridized carbons (Fsp3) is 0.118. The first-order valence-corrected chi connectivity index (χ1v) is 7.23. The van der Waals surface area contributed by atoms with Gasteiger partial charge in [0.05, 0.1) is 17.6 Å². The van der Waals surface area contributed by atoms with Crippen LogP contribution in [0.5, 0.6) is 0 Å². The average molecular weight is 336 g/mol. The van der Waals surface area contributed by atoms with Gasteiger partial charge < -0.3 is 10.1 Å². The maximum Gasteiger partial charge on any atom is 0.307 e. The molecule has 3 aromatic rings. The predicted octanol–water partition coefficient (Wildman–Crippen LogP) is 4.70. The normalized spacial score (nSPS) is 11.1. The molecule has 0 radical (unpaired) electrons. The lowest BCUT2D eigenvalue weighted by atomic mass is 10.0. The number of aliphatic carboxylic acids is 1. The molecule has 3 nitrogen and oxygen atoms in total. The van der Waals surface area contributed by atoms with Crippen molar-refractivity contribution in [1.29, 1.82) is 0 Å². The van der Waals surface area contributed by atoms with Crippen LogP contribution >= 0.6 is 11.6 Å². The molecule has 0 aliphatic heterocycles. The molecule has 0 aliphatic rings. The van der Waals surface area contributed by atoms with Crippen molar-refractivity contribution >= 4 is 28.5 Å². The number of halogens is 3. The molecule has 118 valence electrons. The van der Waals surface area contributed by atoms with Gasteiger partial charge in [-0.1, -0.05) is 17.7 Å². The molecule has 0 spiro atoms. The SMILES string of the molecule is Cc1c(Cl)ccc2c(CC(=O)O)c(-c3ccc(F)cc3F)[nH]c12. The van der Waals surface area contributed by atoms with E-state index >= 15 is 0 Å². The van der Waals surface area contributed by atoms with E-state index in [1.165, 1.54) is 6.07 Å². The highest BCUT2D eigenvalue weighted by Gasteiger charge is 2.20. The molecule has 1 aromatic heterocycles. The zero-order valence-corrected chi connectivity index (χ0v) is 12.8. The first kappa shape index (κ1) is 15.5. The van der Waals surface area contributed by atoms with Crippen LogP contribution in [0.15, 0.2) is 30.3 Å². The second-order valence-corrected chi connectivity index (χ2v) is 5.68. The van der Waals surface area contributed by atoms with Crippen LogP contribution in [0.25, 0.3) is 22.2 Å². The smallest absolute Gasteiger partial charge is 0.307 e. The number of H-pyrrole nitrogens is 1. The van der Waals surface area contributed by atoms with Gasteiger partial charge in [0, 0.05) is 22.0 Å². The van der Waals surface area contributed by atoms with E-state index in [0.29, 0.717) is 27.2 Å². The van der Waals surface area contributed by atoms with Crippen LogP contribution in [0, 0.1) is 18.6 Å². The van der Waals surface area contributed by atoms with E-state index in [-0.39, 0.29) is 12.0 Å². The third-order valence-electron chi connectivity index (χ3n) is 3.80. The van der Waals surface area contributed by atoms with Gasteiger partial charge in [0.2, 0.25) is 0 Å². The number of carboxylic acids is 1. The van der Waals surface area contributed by atoms with E-state index in [0.717, 1.165) is 17.7 Å². The molecular formula is C17H12ClF2NO2. The van der Waals surface area contributed by atoms with Crippen molar-refractivity contribution < 1.29 is 18.7 Å². The molecule has 1 heterocycles. The Hall–Kier alpha value is -2.40. The van der Waals surface area contributed by atoms with Gasteiger partial charge in [-0.15, -0.1) is 0 Å². The summed E-state index contributed by atoms with van der Waals surface area (Å²) in [5.74, 6) is -2.49. The van der Waals surface area contributed by atoms with Crippen LogP contribution in [-0.4, -0.2) is 16.1 Å². The van der Waals surface area contributed by atoms with Gasteiger partial charge in [-0.2, -0.15) is 0 Å². The highest BCUT2D eigenvalue weighted by Crippen LogP contribution is 2.35. The molecule has 0 bridgehead atoms. The first-order valence-electron chi connectivity index (χ1n) is 6.85. The van der Waals surface area contributed by atoms with Crippen molar-refractivity contribution in [3.8, 4) is 11.3 Å². The molecule has 0 saturated carbocycles. The summed E-state index contributed by atoms with van der Waals surface area (Å²) in [7, 11) is 0. The minimum atomic E-state index is -1.04. The summed E-state index contributed by atoms with van der Waals surface area (Å²) in [6.07, 6.45) is -0.285. The van der Waals surface area contributed by atoms with Gasteiger partial charge in [-0.3, -0.25) is 4.79 Å². The quantitative estimate of drug-likeness (QED) is 0.728. The average Bonchev–Trinajstić information content (AvgIpc) is 2.82. The van der Waals surface area contributed by atoms with E-state index in [2.05, 4.69) is 4.98 Å². The largest absolute Gasteiger partial charge is 0.481 e. The topological polar surface area (TPSA) is 53.1 Å². The number of hydrogen-bond acceptors (Lipinski definition) is 1. The summed E-state index contributed by atoms with van der Waals surface area (Å²) in [6.45, 7) is 1.79. The van der Waals surface area contributed by atoms with E-state index in [1.54, 1.807) is 19.1 Å². The zero-order chi connectivity index (χ0) is 16.7. The third kappa shape index (κ3) is 2.68. The number of nitrogens with one attached hydrogen (secondary N) is 1. The Kier molecular flexibility index (Phi) is 3.82. The van der Waals surface area contributed by atoms with Gasteiger partial charge in [-0.25, -0.2) is 8.78 Å². The first-order chi connectivity index (χ1) is 10.9. The number of carbonyl (C=O) groups is 1. The Bertz CT molecular complexity index is 934.